The molecule has 0 heterocycles. The first-order valence-electron chi connectivity index (χ1n) is 7.22. The van der Waals surface area contributed by atoms with Crippen LogP contribution in [-0.4, -0.2) is 24.8 Å². The zero-order chi connectivity index (χ0) is 16.1. The Kier molecular flexibility index (Phi) is 5.04. The van der Waals surface area contributed by atoms with E-state index in [1.165, 1.54) is 7.11 Å². The van der Waals surface area contributed by atoms with Crippen molar-refractivity contribution in [1.29, 1.82) is 0 Å². The summed E-state index contributed by atoms with van der Waals surface area (Å²) in [5.41, 5.74) is 3.17. The Morgan fingerprint density at radius 3 is 2.55 bits per heavy atom. The molecule has 0 bridgehead atoms. The lowest BCUT2D eigenvalue weighted by atomic mass is 9.98. The molecule has 4 heteroatoms. The van der Waals surface area contributed by atoms with Crippen LogP contribution in [0.1, 0.15) is 29.3 Å². The monoisotopic (exact) mass is 300 g/mol. The lowest BCUT2D eigenvalue weighted by molar-refractivity contribution is 0.0693. The standard InChI is InChI=1S/C18H20O4/c1-4-9-22-14-6-8-15(12(2)10-14)13-5-7-16(18(19)20)17(11-13)21-3/h5-8,10-11H,4,9H2,1-3H3,(H,19,20). The fraction of sp³-hybridized carbons (Fsp3) is 0.278. The van der Waals surface area contributed by atoms with Gasteiger partial charge in [0.25, 0.3) is 0 Å². The molecule has 1 N–H and O–H groups in total. The third-order valence-electron chi connectivity index (χ3n) is 3.41. The minimum atomic E-state index is -0.997. The molecule has 0 amide bonds. The van der Waals surface area contributed by atoms with Gasteiger partial charge in [0.15, 0.2) is 0 Å². The van der Waals surface area contributed by atoms with E-state index in [1.54, 1.807) is 18.2 Å². The van der Waals surface area contributed by atoms with Gasteiger partial charge in [0, 0.05) is 0 Å². The van der Waals surface area contributed by atoms with Crippen LogP contribution in [0.3, 0.4) is 0 Å². The first kappa shape index (κ1) is 15.9. The molecule has 22 heavy (non-hydrogen) atoms. The van der Waals surface area contributed by atoms with Crippen molar-refractivity contribution in [3.8, 4) is 22.6 Å². The predicted octanol–water partition coefficient (Wildman–Crippen LogP) is 4.16. The molecule has 116 valence electrons. The molecule has 0 fully saturated rings. The molecule has 2 aromatic rings. The van der Waals surface area contributed by atoms with Gasteiger partial charge in [0.05, 0.1) is 13.7 Å². The van der Waals surface area contributed by atoms with E-state index in [1.807, 2.05) is 25.1 Å². The Hall–Kier alpha value is -2.49. The first-order valence-corrected chi connectivity index (χ1v) is 7.22. The zero-order valence-corrected chi connectivity index (χ0v) is 13.1. The molecule has 0 aromatic heterocycles. The van der Waals surface area contributed by atoms with Crippen LogP contribution in [0, 0.1) is 6.92 Å². The van der Waals surface area contributed by atoms with E-state index in [9.17, 15) is 4.79 Å². The Morgan fingerprint density at radius 1 is 1.18 bits per heavy atom. The van der Waals surface area contributed by atoms with Crippen molar-refractivity contribution in [2.45, 2.75) is 20.3 Å². The summed E-state index contributed by atoms with van der Waals surface area (Å²) in [6, 6.07) is 11.0. The van der Waals surface area contributed by atoms with E-state index in [2.05, 4.69) is 6.92 Å². The van der Waals surface area contributed by atoms with E-state index in [-0.39, 0.29) is 5.56 Å². The number of hydrogen-bond donors (Lipinski definition) is 1. The van der Waals surface area contributed by atoms with Gasteiger partial charge in [-0.3, -0.25) is 0 Å². The fourth-order valence-corrected chi connectivity index (χ4v) is 2.31. The predicted molar refractivity (Wildman–Crippen MR) is 85.9 cm³/mol. The second kappa shape index (κ2) is 6.98. The number of aromatic carboxylic acids is 1. The van der Waals surface area contributed by atoms with Gasteiger partial charge in [-0.1, -0.05) is 19.1 Å². The van der Waals surface area contributed by atoms with Crippen LogP contribution in [0.4, 0.5) is 0 Å². The van der Waals surface area contributed by atoms with Crippen LogP contribution < -0.4 is 9.47 Å². The molecule has 0 unspecified atom stereocenters. The molecule has 0 atom stereocenters. The number of methoxy groups -OCH3 is 1. The SMILES string of the molecule is CCCOc1ccc(-c2ccc(C(=O)O)c(OC)c2)c(C)c1. The Morgan fingerprint density at radius 2 is 1.95 bits per heavy atom. The van der Waals surface area contributed by atoms with Crippen molar-refractivity contribution >= 4 is 5.97 Å². The van der Waals surface area contributed by atoms with Gasteiger partial charge >= 0.3 is 5.97 Å². The largest absolute Gasteiger partial charge is 0.496 e. The summed E-state index contributed by atoms with van der Waals surface area (Å²) < 4.78 is 10.8. The van der Waals surface area contributed by atoms with E-state index >= 15 is 0 Å². The number of hydrogen-bond acceptors (Lipinski definition) is 3. The van der Waals surface area contributed by atoms with E-state index in [4.69, 9.17) is 14.6 Å². The number of carbonyl (C=O) groups is 1. The van der Waals surface area contributed by atoms with Crippen molar-refractivity contribution in [2.24, 2.45) is 0 Å². The van der Waals surface area contributed by atoms with Crippen LogP contribution in [-0.2, 0) is 0 Å². The van der Waals surface area contributed by atoms with Crippen molar-refractivity contribution in [1.82, 2.24) is 0 Å². The molecular formula is C18H20O4. The average Bonchev–Trinajstić information content (AvgIpc) is 2.52. The van der Waals surface area contributed by atoms with Crippen LogP contribution >= 0.6 is 0 Å². The molecule has 0 aliphatic heterocycles. The molecule has 4 nitrogen and oxygen atoms in total. The van der Waals surface area contributed by atoms with Gasteiger partial charge in [0.2, 0.25) is 0 Å². The first-order chi connectivity index (χ1) is 10.6. The third kappa shape index (κ3) is 3.39. The quantitative estimate of drug-likeness (QED) is 0.870. The molecule has 2 rings (SSSR count). The van der Waals surface area contributed by atoms with Crippen molar-refractivity contribution in [3.05, 3.63) is 47.5 Å². The van der Waals surface area contributed by atoms with Crippen LogP contribution in [0.25, 0.3) is 11.1 Å². The summed E-state index contributed by atoms with van der Waals surface area (Å²) in [7, 11) is 1.47. The van der Waals surface area contributed by atoms with Gasteiger partial charge in [0.1, 0.15) is 17.1 Å². The fourth-order valence-electron chi connectivity index (χ4n) is 2.31. The summed E-state index contributed by atoms with van der Waals surface area (Å²) >= 11 is 0. The van der Waals surface area contributed by atoms with Crippen LogP contribution in [0.2, 0.25) is 0 Å². The van der Waals surface area contributed by atoms with Crippen LogP contribution in [0.15, 0.2) is 36.4 Å². The van der Waals surface area contributed by atoms with Crippen molar-refractivity contribution in [2.75, 3.05) is 13.7 Å². The van der Waals surface area contributed by atoms with Crippen molar-refractivity contribution < 1.29 is 19.4 Å². The molecule has 0 saturated heterocycles. The number of carboxylic acid groups (broad SMARTS) is 1. The summed E-state index contributed by atoms with van der Waals surface area (Å²) in [4.78, 5) is 11.1. The average molecular weight is 300 g/mol. The van der Waals surface area contributed by atoms with E-state index in [0.717, 1.165) is 28.9 Å². The van der Waals surface area contributed by atoms with Gasteiger partial charge in [-0.15, -0.1) is 0 Å². The second-order valence-electron chi connectivity index (χ2n) is 5.05. The lowest BCUT2D eigenvalue weighted by Crippen LogP contribution is -2.00. The number of carboxylic acids is 1. The van der Waals surface area contributed by atoms with Crippen molar-refractivity contribution in [3.63, 3.8) is 0 Å². The Bertz CT molecular complexity index is 677. The highest BCUT2D eigenvalue weighted by atomic mass is 16.5. The molecule has 0 aliphatic rings. The Labute approximate surface area is 130 Å². The maximum Gasteiger partial charge on any atom is 0.339 e. The van der Waals surface area contributed by atoms with Crippen LogP contribution in [0.5, 0.6) is 11.5 Å². The summed E-state index contributed by atoms with van der Waals surface area (Å²) in [6.45, 7) is 4.77. The van der Waals surface area contributed by atoms with Gasteiger partial charge < -0.3 is 14.6 Å². The molecule has 0 aliphatic carbocycles. The lowest BCUT2D eigenvalue weighted by Gasteiger charge is -2.12. The van der Waals surface area contributed by atoms with Gasteiger partial charge in [-0.25, -0.2) is 4.79 Å². The summed E-state index contributed by atoms with van der Waals surface area (Å²) in [5.74, 6) is 0.205. The molecular weight excluding hydrogens is 280 g/mol. The number of ether oxygens (including phenoxy) is 2. The topological polar surface area (TPSA) is 55.8 Å². The highest BCUT2D eigenvalue weighted by molar-refractivity contribution is 5.92. The minimum absolute atomic E-state index is 0.159. The number of aryl methyl sites for hydroxylation is 1. The molecule has 0 radical (unpaired) electrons. The second-order valence-corrected chi connectivity index (χ2v) is 5.05. The van der Waals surface area contributed by atoms with Gasteiger partial charge in [-0.2, -0.15) is 0 Å². The molecule has 2 aromatic carbocycles. The number of benzene rings is 2. The molecule has 0 spiro atoms. The normalized spacial score (nSPS) is 10.3. The van der Waals surface area contributed by atoms with E-state index < -0.39 is 5.97 Å². The maximum atomic E-state index is 11.1. The summed E-state index contributed by atoms with van der Waals surface area (Å²) in [5, 5.41) is 9.14. The maximum absolute atomic E-state index is 11.1. The highest BCUT2D eigenvalue weighted by Gasteiger charge is 2.13. The third-order valence-corrected chi connectivity index (χ3v) is 3.41. The summed E-state index contributed by atoms with van der Waals surface area (Å²) in [6.07, 6.45) is 0.967. The zero-order valence-electron chi connectivity index (χ0n) is 13.1. The number of rotatable bonds is 6. The van der Waals surface area contributed by atoms with E-state index in [0.29, 0.717) is 12.4 Å². The smallest absolute Gasteiger partial charge is 0.339 e. The highest BCUT2D eigenvalue weighted by Crippen LogP contribution is 2.31. The Balaban J connectivity index is 2.37. The van der Waals surface area contributed by atoms with Gasteiger partial charge in [-0.05, 0) is 54.3 Å². The molecule has 0 saturated carbocycles. The minimum Gasteiger partial charge on any atom is -0.496 e.